The second-order valence-corrected chi connectivity index (χ2v) is 5.87. The number of ether oxygens (including phenoxy) is 2. The molecule has 21 heavy (non-hydrogen) atoms. The molecule has 0 aromatic heterocycles. The molecule has 8 nitrogen and oxygen atoms in total. The molecule has 120 valence electrons. The summed E-state index contributed by atoms with van der Waals surface area (Å²) in [7, 11) is 0. The van der Waals surface area contributed by atoms with E-state index in [1.807, 2.05) is 0 Å². The first kappa shape index (κ1) is 17.2. The molecule has 1 aliphatic heterocycles. The van der Waals surface area contributed by atoms with Gasteiger partial charge in [-0.3, -0.25) is 9.69 Å². The standard InChI is InChI=1S/C13H22N2O6/c1-13(2,3)21-12(19)15-7-8(6-9(15)11(17)18)20-10(16)4-5-14/h8-9H,4-7,14H2,1-3H3,(H,17,18)/t8-,9+/m1/s1. The van der Waals surface area contributed by atoms with Gasteiger partial charge in [-0.05, 0) is 20.8 Å². The van der Waals surface area contributed by atoms with Crippen molar-refractivity contribution in [3.8, 4) is 0 Å². The maximum Gasteiger partial charge on any atom is 0.411 e. The second kappa shape index (κ2) is 6.75. The second-order valence-electron chi connectivity index (χ2n) is 5.87. The highest BCUT2D eigenvalue weighted by molar-refractivity contribution is 5.81. The minimum Gasteiger partial charge on any atom is -0.480 e. The van der Waals surface area contributed by atoms with E-state index in [4.69, 9.17) is 15.2 Å². The zero-order chi connectivity index (χ0) is 16.2. The Balaban J connectivity index is 2.71. The summed E-state index contributed by atoms with van der Waals surface area (Å²) in [6.07, 6.45) is -1.28. The third-order valence-corrected chi connectivity index (χ3v) is 2.82. The van der Waals surface area contributed by atoms with E-state index in [0.29, 0.717) is 0 Å². The van der Waals surface area contributed by atoms with Gasteiger partial charge in [-0.2, -0.15) is 0 Å². The molecule has 0 unspecified atom stereocenters. The van der Waals surface area contributed by atoms with Gasteiger partial charge in [0.2, 0.25) is 0 Å². The lowest BCUT2D eigenvalue weighted by molar-refractivity contribution is -0.149. The summed E-state index contributed by atoms with van der Waals surface area (Å²) in [5, 5.41) is 9.18. The maximum atomic E-state index is 12.0. The van der Waals surface area contributed by atoms with Gasteiger partial charge in [0.25, 0.3) is 0 Å². The minimum absolute atomic E-state index is 0.00217. The molecule has 0 aromatic rings. The first-order chi connectivity index (χ1) is 9.64. The third-order valence-electron chi connectivity index (χ3n) is 2.82. The monoisotopic (exact) mass is 302 g/mol. The minimum atomic E-state index is -1.15. The molecule has 1 fully saturated rings. The Morgan fingerprint density at radius 2 is 1.95 bits per heavy atom. The van der Waals surface area contributed by atoms with Gasteiger partial charge in [-0.1, -0.05) is 0 Å². The summed E-state index contributed by atoms with van der Waals surface area (Å²) in [5.41, 5.74) is 4.52. The van der Waals surface area contributed by atoms with E-state index in [-0.39, 0.29) is 25.9 Å². The quantitative estimate of drug-likeness (QED) is 0.719. The molecule has 8 heteroatoms. The molecule has 0 spiro atoms. The van der Waals surface area contributed by atoms with Gasteiger partial charge in [-0.25, -0.2) is 9.59 Å². The SMILES string of the molecule is CC(C)(C)OC(=O)N1C[C@H](OC(=O)CCN)C[C@H]1C(=O)O. The molecule has 2 atom stereocenters. The summed E-state index contributed by atoms with van der Waals surface area (Å²) >= 11 is 0. The average molecular weight is 302 g/mol. The summed E-state index contributed by atoms with van der Waals surface area (Å²) in [5.74, 6) is -1.66. The van der Waals surface area contributed by atoms with Crippen molar-refractivity contribution in [1.82, 2.24) is 4.90 Å². The van der Waals surface area contributed by atoms with E-state index < -0.39 is 35.8 Å². The van der Waals surface area contributed by atoms with Crippen LogP contribution in [0.15, 0.2) is 0 Å². The predicted molar refractivity (Wildman–Crippen MR) is 72.5 cm³/mol. The topological polar surface area (TPSA) is 119 Å². The number of carboxylic acids is 1. The number of aliphatic carboxylic acids is 1. The Hall–Kier alpha value is -1.83. The third kappa shape index (κ3) is 5.22. The van der Waals surface area contributed by atoms with Crippen molar-refractivity contribution in [3.05, 3.63) is 0 Å². The molecule has 0 aliphatic carbocycles. The Kier molecular flexibility index (Phi) is 5.54. The number of amides is 1. The van der Waals surface area contributed by atoms with Crippen LogP contribution in [-0.2, 0) is 19.1 Å². The van der Waals surface area contributed by atoms with Crippen LogP contribution in [0.3, 0.4) is 0 Å². The number of esters is 1. The zero-order valence-electron chi connectivity index (χ0n) is 12.5. The molecule has 1 heterocycles. The van der Waals surface area contributed by atoms with Gasteiger partial charge in [-0.15, -0.1) is 0 Å². The zero-order valence-corrected chi connectivity index (χ0v) is 12.5. The molecule has 1 saturated heterocycles. The van der Waals surface area contributed by atoms with Crippen molar-refractivity contribution < 1.29 is 29.0 Å². The molecule has 1 aliphatic rings. The van der Waals surface area contributed by atoms with Crippen molar-refractivity contribution >= 4 is 18.0 Å². The Bertz CT molecular complexity index is 417. The van der Waals surface area contributed by atoms with E-state index >= 15 is 0 Å². The fraction of sp³-hybridized carbons (Fsp3) is 0.769. The summed E-state index contributed by atoms with van der Waals surface area (Å²) < 4.78 is 10.3. The van der Waals surface area contributed by atoms with Crippen LogP contribution in [0.1, 0.15) is 33.6 Å². The van der Waals surface area contributed by atoms with Crippen LogP contribution < -0.4 is 5.73 Å². The van der Waals surface area contributed by atoms with Crippen molar-refractivity contribution in [2.24, 2.45) is 5.73 Å². The molecule has 3 N–H and O–H groups in total. The van der Waals surface area contributed by atoms with Crippen LogP contribution in [0.4, 0.5) is 4.79 Å². The number of nitrogens with zero attached hydrogens (tertiary/aromatic N) is 1. The lowest BCUT2D eigenvalue weighted by Gasteiger charge is -2.26. The number of rotatable bonds is 4. The van der Waals surface area contributed by atoms with Crippen LogP contribution in [0.5, 0.6) is 0 Å². The summed E-state index contributed by atoms with van der Waals surface area (Å²) in [6.45, 7) is 5.23. The van der Waals surface area contributed by atoms with Crippen LogP contribution in [-0.4, -0.2) is 58.9 Å². The first-order valence-corrected chi connectivity index (χ1v) is 6.76. The van der Waals surface area contributed by atoms with Gasteiger partial charge < -0.3 is 20.3 Å². The number of likely N-dealkylation sites (tertiary alicyclic amines) is 1. The van der Waals surface area contributed by atoms with E-state index in [2.05, 4.69) is 0 Å². The van der Waals surface area contributed by atoms with Crippen LogP contribution >= 0.6 is 0 Å². The predicted octanol–water partition coefficient (Wildman–Crippen LogP) is 0.341. The molecular formula is C13H22N2O6. The Morgan fingerprint density at radius 1 is 1.33 bits per heavy atom. The number of carbonyl (C=O) groups excluding carboxylic acids is 2. The van der Waals surface area contributed by atoms with Crippen molar-refractivity contribution in [2.75, 3.05) is 13.1 Å². The highest BCUT2D eigenvalue weighted by Gasteiger charge is 2.43. The molecule has 0 saturated carbocycles. The van der Waals surface area contributed by atoms with Gasteiger partial charge in [0, 0.05) is 13.0 Å². The lowest BCUT2D eigenvalue weighted by atomic mass is 10.2. The molecule has 0 aromatic carbocycles. The number of carbonyl (C=O) groups is 3. The van der Waals surface area contributed by atoms with Gasteiger partial charge >= 0.3 is 18.0 Å². The van der Waals surface area contributed by atoms with Crippen molar-refractivity contribution in [1.29, 1.82) is 0 Å². The number of hydrogen-bond donors (Lipinski definition) is 2. The van der Waals surface area contributed by atoms with Gasteiger partial charge in [0.1, 0.15) is 17.7 Å². The maximum absolute atomic E-state index is 12.0. The molecule has 0 radical (unpaired) electrons. The summed E-state index contributed by atoms with van der Waals surface area (Å²) in [4.78, 5) is 35.7. The van der Waals surface area contributed by atoms with E-state index in [1.165, 1.54) is 0 Å². The highest BCUT2D eigenvalue weighted by atomic mass is 16.6. The van der Waals surface area contributed by atoms with E-state index in [0.717, 1.165) is 4.90 Å². The molecular weight excluding hydrogens is 280 g/mol. The molecule has 1 amide bonds. The van der Waals surface area contributed by atoms with Crippen molar-refractivity contribution in [2.45, 2.75) is 51.4 Å². The van der Waals surface area contributed by atoms with Gasteiger partial charge in [0.15, 0.2) is 0 Å². The number of carboxylic acid groups (broad SMARTS) is 1. The lowest BCUT2D eigenvalue weighted by Crippen LogP contribution is -2.43. The van der Waals surface area contributed by atoms with Crippen molar-refractivity contribution in [3.63, 3.8) is 0 Å². The molecule has 0 bridgehead atoms. The van der Waals surface area contributed by atoms with Crippen LogP contribution in [0.2, 0.25) is 0 Å². The normalized spacial score (nSPS) is 22.0. The highest BCUT2D eigenvalue weighted by Crippen LogP contribution is 2.23. The van der Waals surface area contributed by atoms with E-state index in [9.17, 15) is 19.5 Å². The molecule has 1 rings (SSSR count). The Morgan fingerprint density at radius 3 is 2.43 bits per heavy atom. The van der Waals surface area contributed by atoms with Crippen LogP contribution in [0.25, 0.3) is 0 Å². The fourth-order valence-corrected chi connectivity index (χ4v) is 2.00. The average Bonchev–Trinajstić information content (AvgIpc) is 2.71. The Labute approximate surface area is 123 Å². The van der Waals surface area contributed by atoms with Gasteiger partial charge in [0.05, 0.1) is 13.0 Å². The summed E-state index contributed by atoms with van der Waals surface area (Å²) in [6, 6.07) is -1.06. The van der Waals surface area contributed by atoms with Crippen LogP contribution in [0, 0.1) is 0 Å². The fourth-order valence-electron chi connectivity index (χ4n) is 2.00. The number of nitrogens with two attached hydrogens (primary N) is 1. The largest absolute Gasteiger partial charge is 0.480 e. The first-order valence-electron chi connectivity index (χ1n) is 6.76. The smallest absolute Gasteiger partial charge is 0.411 e. The van der Waals surface area contributed by atoms with E-state index in [1.54, 1.807) is 20.8 Å². The number of hydrogen-bond acceptors (Lipinski definition) is 6.